The largest absolute Gasteiger partial charge is 0.455 e. The van der Waals surface area contributed by atoms with Crippen LogP contribution in [0.3, 0.4) is 0 Å². The zero-order chi connectivity index (χ0) is 19.3. The maximum Gasteiger partial charge on any atom is 0.339 e. The van der Waals surface area contributed by atoms with Crippen molar-refractivity contribution in [1.29, 1.82) is 0 Å². The van der Waals surface area contributed by atoms with Crippen molar-refractivity contribution in [2.75, 3.05) is 0 Å². The first-order chi connectivity index (χ1) is 13.7. The van der Waals surface area contributed by atoms with E-state index in [1.54, 1.807) is 54.6 Å². The second-order valence-electron chi connectivity index (χ2n) is 5.98. The third kappa shape index (κ3) is 3.77. The fraction of sp³-hybridized carbons (Fsp3) is 0.0455. The first kappa shape index (κ1) is 17.9. The Labute approximate surface area is 165 Å². The van der Waals surface area contributed by atoms with Gasteiger partial charge < -0.3 is 9.26 Å². The fourth-order valence-electron chi connectivity index (χ4n) is 2.74. The van der Waals surface area contributed by atoms with Crippen LogP contribution in [0.25, 0.3) is 10.6 Å². The van der Waals surface area contributed by atoms with Crippen LogP contribution >= 0.6 is 11.3 Å². The molecule has 2 heterocycles. The average molecular weight is 389 g/mol. The van der Waals surface area contributed by atoms with Gasteiger partial charge in [-0.1, -0.05) is 59.8 Å². The summed E-state index contributed by atoms with van der Waals surface area (Å²) in [6.07, 6.45) is 0. The lowest BCUT2D eigenvalue weighted by atomic mass is 9.98. The van der Waals surface area contributed by atoms with Crippen molar-refractivity contribution in [2.24, 2.45) is 0 Å². The zero-order valence-corrected chi connectivity index (χ0v) is 15.5. The summed E-state index contributed by atoms with van der Waals surface area (Å²) in [5, 5.41) is 5.87. The number of carbonyl (C=O) groups is 2. The monoisotopic (exact) mass is 389 g/mol. The van der Waals surface area contributed by atoms with Crippen LogP contribution in [0.15, 0.2) is 82.7 Å². The van der Waals surface area contributed by atoms with E-state index in [4.69, 9.17) is 9.26 Å². The number of thiophene rings is 1. The first-order valence-electron chi connectivity index (χ1n) is 8.58. The summed E-state index contributed by atoms with van der Waals surface area (Å²) in [4.78, 5) is 26.3. The number of nitrogens with zero attached hydrogens (tertiary/aromatic N) is 1. The Balaban J connectivity index is 1.49. The lowest BCUT2D eigenvalue weighted by molar-refractivity contribution is 0.0462. The Morgan fingerprint density at radius 1 is 0.929 bits per heavy atom. The second kappa shape index (κ2) is 8.02. The Kier molecular flexibility index (Phi) is 5.12. The Bertz CT molecular complexity index is 1100. The van der Waals surface area contributed by atoms with Crippen molar-refractivity contribution in [3.63, 3.8) is 0 Å². The molecule has 2 aromatic carbocycles. The molecule has 0 radical (unpaired) electrons. The number of rotatable bonds is 6. The summed E-state index contributed by atoms with van der Waals surface area (Å²) >= 11 is 1.53. The van der Waals surface area contributed by atoms with E-state index in [-0.39, 0.29) is 18.0 Å². The third-order valence-corrected chi connectivity index (χ3v) is 4.99. The number of ether oxygens (including phenoxy) is 1. The molecule has 0 aliphatic heterocycles. The smallest absolute Gasteiger partial charge is 0.339 e. The van der Waals surface area contributed by atoms with Gasteiger partial charge in [-0.3, -0.25) is 4.79 Å². The zero-order valence-electron chi connectivity index (χ0n) is 14.7. The van der Waals surface area contributed by atoms with Crippen LogP contribution in [0.1, 0.15) is 32.0 Å². The molecule has 0 atom stereocenters. The third-order valence-electron chi connectivity index (χ3n) is 4.10. The van der Waals surface area contributed by atoms with E-state index in [2.05, 4.69) is 5.16 Å². The number of hydrogen-bond acceptors (Lipinski definition) is 6. The lowest BCUT2D eigenvalue weighted by Crippen LogP contribution is -2.12. The van der Waals surface area contributed by atoms with Crippen molar-refractivity contribution >= 4 is 23.1 Å². The lowest BCUT2D eigenvalue weighted by Gasteiger charge is -2.08. The molecular formula is C22H15NO4S. The van der Waals surface area contributed by atoms with Crippen molar-refractivity contribution in [3.8, 4) is 10.6 Å². The van der Waals surface area contributed by atoms with Gasteiger partial charge in [-0.15, -0.1) is 11.3 Å². The fourth-order valence-corrected chi connectivity index (χ4v) is 3.41. The van der Waals surface area contributed by atoms with Crippen molar-refractivity contribution in [3.05, 3.63) is 101 Å². The molecule has 0 bridgehead atoms. The van der Waals surface area contributed by atoms with E-state index in [0.717, 1.165) is 4.88 Å². The van der Waals surface area contributed by atoms with Crippen molar-refractivity contribution < 1.29 is 18.8 Å². The van der Waals surface area contributed by atoms with Crippen molar-refractivity contribution in [2.45, 2.75) is 6.61 Å². The van der Waals surface area contributed by atoms with Gasteiger partial charge in [-0.05, 0) is 17.5 Å². The van der Waals surface area contributed by atoms with Gasteiger partial charge in [0.15, 0.2) is 11.5 Å². The number of aromatic nitrogens is 1. The summed E-state index contributed by atoms with van der Waals surface area (Å²) < 4.78 is 10.6. The van der Waals surface area contributed by atoms with E-state index in [0.29, 0.717) is 22.6 Å². The minimum absolute atomic E-state index is 0.0401. The average Bonchev–Trinajstić information content (AvgIpc) is 3.44. The molecule has 5 nitrogen and oxygen atoms in total. The molecular weight excluding hydrogens is 374 g/mol. The van der Waals surface area contributed by atoms with Crippen molar-refractivity contribution in [1.82, 2.24) is 5.16 Å². The van der Waals surface area contributed by atoms with Crippen LogP contribution in [0.2, 0.25) is 0 Å². The molecule has 0 saturated heterocycles. The van der Waals surface area contributed by atoms with Gasteiger partial charge in [0.25, 0.3) is 0 Å². The normalized spacial score (nSPS) is 10.6. The minimum atomic E-state index is -0.583. The molecule has 0 amide bonds. The summed E-state index contributed by atoms with van der Waals surface area (Å²) in [5.41, 5.74) is 1.54. The summed E-state index contributed by atoms with van der Waals surface area (Å²) in [6.45, 7) is -0.0401. The van der Waals surface area contributed by atoms with E-state index >= 15 is 0 Å². The summed E-state index contributed by atoms with van der Waals surface area (Å²) in [6, 6.07) is 21.0. The topological polar surface area (TPSA) is 69.4 Å². The summed E-state index contributed by atoms with van der Waals surface area (Å²) in [7, 11) is 0. The SMILES string of the molecule is O=C(OCc1cc(-c2cccs2)on1)c1ccccc1C(=O)c1ccccc1. The Morgan fingerprint density at radius 3 is 2.43 bits per heavy atom. The number of carbonyl (C=O) groups excluding carboxylic acids is 2. The number of ketones is 1. The molecule has 4 rings (SSSR count). The van der Waals surface area contributed by atoms with E-state index in [1.807, 2.05) is 23.6 Å². The summed E-state index contributed by atoms with van der Waals surface area (Å²) in [5.74, 6) is -0.184. The molecule has 138 valence electrons. The van der Waals surface area contributed by atoms with Crippen LogP contribution in [0, 0.1) is 0 Å². The van der Waals surface area contributed by atoms with Crippen LogP contribution in [0.4, 0.5) is 0 Å². The van der Waals surface area contributed by atoms with Gasteiger partial charge in [0, 0.05) is 17.2 Å². The van der Waals surface area contributed by atoms with Crippen LogP contribution in [-0.2, 0) is 11.3 Å². The number of hydrogen-bond donors (Lipinski definition) is 0. The van der Waals surface area contributed by atoms with E-state index in [1.165, 1.54) is 11.3 Å². The number of esters is 1. The van der Waals surface area contributed by atoms with Gasteiger partial charge in [0.2, 0.25) is 0 Å². The molecule has 0 N–H and O–H groups in total. The Hall–Kier alpha value is -3.51. The molecule has 0 saturated carbocycles. The molecule has 0 fully saturated rings. The highest BCUT2D eigenvalue weighted by Crippen LogP contribution is 2.25. The maximum atomic E-state index is 12.7. The molecule has 0 spiro atoms. The van der Waals surface area contributed by atoms with E-state index in [9.17, 15) is 9.59 Å². The molecule has 0 aliphatic carbocycles. The molecule has 4 aromatic rings. The minimum Gasteiger partial charge on any atom is -0.455 e. The molecule has 6 heteroatoms. The van der Waals surface area contributed by atoms with Gasteiger partial charge >= 0.3 is 5.97 Å². The van der Waals surface area contributed by atoms with Gasteiger partial charge in [-0.2, -0.15) is 0 Å². The van der Waals surface area contributed by atoms with E-state index < -0.39 is 5.97 Å². The van der Waals surface area contributed by atoms with Crippen LogP contribution in [-0.4, -0.2) is 16.9 Å². The second-order valence-corrected chi connectivity index (χ2v) is 6.92. The van der Waals surface area contributed by atoms with Gasteiger partial charge in [-0.25, -0.2) is 4.79 Å². The van der Waals surface area contributed by atoms with Gasteiger partial charge in [0.05, 0.1) is 10.4 Å². The highest BCUT2D eigenvalue weighted by Gasteiger charge is 2.19. The highest BCUT2D eigenvalue weighted by molar-refractivity contribution is 7.13. The van der Waals surface area contributed by atoms with Crippen LogP contribution < -0.4 is 0 Å². The quantitative estimate of drug-likeness (QED) is 0.343. The molecule has 0 aliphatic rings. The predicted octanol–water partition coefficient (Wildman–Crippen LogP) is 4.99. The number of benzene rings is 2. The maximum absolute atomic E-state index is 12.7. The molecule has 0 unspecified atom stereocenters. The standard InChI is InChI=1S/C22H15NO4S/c24-21(15-7-2-1-3-8-15)17-9-4-5-10-18(17)22(25)26-14-16-13-19(27-23-16)20-11-6-12-28-20/h1-13H,14H2. The molecule has 28 heavy (non-hydrogen) atoms. The predicted molar refractivity (Wildman–Crippen MR) is 105 cm³/mol. The molecule has 2 aromatic heterocycles. The highest BCUT2D eigenvalue weighted by atomic mass is 32.1. The van der Waals surface area contributed by atoms with Gasteiger partial charge in [0.1, 0.15) is 12.3 Å². The first-order valence-corrected chi connectivity index (χ1v) is 9.46. The van der Waals surface area contributed by atoms with Crippen LogP contribution in [0.5, 0.6) is 0 Å². The Morgan fingerprint density at radius 2 is 1.68 bits per heavy atom.